The van der Waals surface area contributed by atoms with Gasteiger partial charge in [-0.05, 0) is 23.8 Å². The molecule has 7 heteroatoms. The van der Waals surface area contributed by atoms with Crippen LogP contribution in [0.2, 0.25) is 0 Å². The van der Waals surface area contributed by atoms with Crippen molar-refractivity contribution in [3.63, 3.8) is 0 Å². The van der Waals surface area contributed by atoms with Gasteiger partial charge >= 0.3 is 0 Å². The van der Waals surface area contributed by atoms with Crippen LogP contribution in [-0.4, -0.2) is 10.0 Å². The van der Waals surface area contributed by atoms with Crippen LogP contribution >= 0.6 is 15.9 Å². The van der Waals surface area contributed by atoms with Crippen LogP contribution in [0.4, 0.5) is 10.1 Å². The summed E-state index contributed by atoms with van der Waals surface area (Å²) in [5, 5.41) is 19.5. The zero-order chi connectivity index (χ0) is 14.7. The highest BCUT2D eigenvalue weighted by molar-refractivity contribution is 9.10. The van der Waals surface area contributed by atoms with Crippen LogP contribution in [0.25, 0.3) is 0 Å². The first-order valence-electron chi connectivity index (χ1n) is 5.52. The molecule has 0 saturated carbocycles. The van der Waals surface area contributed by atoms with E-state index in [2.05, 4.69) is 15.9 Å². The van der Waals surface area contributed by atoms with Crippen molar-refractivity contribution in [3.8, 4) is 11.5 Å². The van der Waals surface area contributed by atoms with E-state index in [1.165, 1.54) is 6.07 Å². The monoisotopic (exact) mass is 341 g/mol. The number of aliphatic hydroxyl groups is 1. The summed E-state index contributed by atoms with van der Waals surface area (Å²) in [5.74, 6) is -0.581. The zero-order valence-electron chi connectivity index (χ0n) is 10.0. The van der Waals surface area contributed by atoms with Crippen LogP contribution < -0.4 is 4.74 Å². The third kappa shape index (κ3) is 3.12. The summed E-state index contributed by atoms with van der Waals surface area (Å²) >= 11 is 3.25. The first-order valence-corrected chi connectivity index (χ1v) is 6.31. The number of nitrogens with zero attached hydrogens (tertiary/aromatic N) is 1. The minimum absolute atomic E-state index is 0.112. The maximum absolute atomic E-state index is 13.7. The molecule has 104 valence electrons. The maximum Gasteiger partial charge on any atom is 0.272 e. The van der Waals surface area contributed by atoms with Gasteiger partial charge in [-0.3, -0.25) is 10.1 Å². The number of halogens is 2. The minimum atomic E-state index is -0.818. The van der Waals surface area contributed by atoms with Gasteiger partial charge in [-0.2, -0.15) is 0 Å². The SMILES string of the molecule is O=[N+]([O-])c1ccc(Oc2ccc(CO)c(Br)c2)c(F)c1. The fourth-order valence-electron chi connectivity index (χ4n) is 1.53. The van der Waals surface area contributed by atoms with Crippen LogP contribution in [-0.2, 0) is 6.61 Å². The Hall–Kier alpha value is -1.99. The summed E-state index contributed by atoms with van der Waals surface area (Å²) in [7, 11) is 0. The molecular formula is C13H9BrFNO4. The Morgan fingerprint density at radius 3 is 2.60 bits per heavy atom. The molecule has 0 unspecified atom stereocenters. The average Bonchev–Trinajstić information content (AvgIpc) is 2.41. The first kappa shape index (κ1) is 14.4. The van der Waals surface area contributed by atoms with E-state index in [9.17, 15) is 14.5 Å². The molecule has 0 aliphatic carbocycles. The van der Waals surface area contributed by atoms with E-state index < -0.39 is 10.7 Å². The Labute approximate surface area is 121 Å². The van der Waals surface area contributed by atoms with Crippen LogP contribution in [0.1, 0.15) is 5.56 Å². The Morgan fingerprint density at radius 1 is 1.30 bits per heavy atom. The molecule has 2 aromatic rings. The summed E-state index contributed by atoms with van der Waals surface area (Å²) in [5.41, 5.74) is 0.327. The molecule has 0 bridgehead atoms. The Balaban J connectivity index is 2.26. The lowest BCUT2D eigenvalue weighted by atomic mass is 10.2. The van der Waals surface area contributed by atoms with Gasteiger partial charge in [-0.15, -0.1) is 0 Å². The number of ether oxygens (including phenoxy) is 1. The van der Waals surface area contributed by atoms with E-state index in [0.29, 0.717) is 15.8 Å². The molecule has 2 aromatic carbocycles. The number of nitro benzene ring substituents is 1. The number of rotatable bonds is 4. The van der Waals surface area contributed by atoms with Crippen molar-refractivity contribution in [3.05, 3.63) is 62.4 Å². The van der Waals surface area contributed by atoms with E-state index in [0.717, 1.165) is 12.1 Å². The smallest absolute Gasteiger partial charge is 0.272 e. The van der Waals surface area contributed by atoms with Crippen molar-refractivity contribution in [2.45, 2.75) is 6.61 Å². The molecule has 0 aromatic heterocycles. The maximum atomic E-state index is 13.7. The van der Waals surface area contributed by atoms with E-state index in [-0.39, 0.29) is 18.0 Å². The molecule has 0 fully saturated rings. The Kier molecular flexibility index (Phi) is 4.31. The Morgan fingerprint density at radius 2 is 2.05 bits per heavy atom. The molecule has 0 heterocycles. The van der Waals surface area contributed by atoms with Gasteiger partial charge in [0.2, 0.25) is 0 Å². The van der Waals surface area contributed by atoms with E-state index in [4.69, 9.17) is 9.84 Å². The molecule has 0 aliphatic heterocycles. The highest BCUT2D eigenvalue weighted by atomic mass is 79.9. The second-order valence-corrected chi connectivity index (χ2v) is 4.74. The third-order valence-corrected chi connectivity index (χ3v) is 3.29. The molecule has 5 nitrogen and oxygen atoms in total. The lowest BCUT2D eigenvalue weighted by Crippen LogP contribution is -1.93. The predicted molar refractivity (Wildman–Crippen MR) is 73.2 cm³/mol. The molecule has 0 aliphatic rings. The van der Waals surface area contributed by atoms with Crippen molar-refractivity contribution in [2.24, 2.45) is 0 Å². The van der Waals surface area contributed by atoms with Crippen LogP contribution in [0.15, 0.2) is 40.9 Å². The zero-order valence-corrected chi connectivity index (χ0v) is 11.6. The van der Waals surface area contributed by atoms with Crippen molar-refractivity contribution >= 4 is 21.6 Å². The summed E-state index contributed by atoms with van der Waals surface area (Å²) < 4.78 is 19.6. The fourth-order valence-corrected chi connectivity index (χ4v) is 2.02. The van der Waals surface area contributed by atoms with Gasteiger partial charge in [0.1, 0.15) is 5.75 Å². The summed E-state index contributed by atoms with van der Waals surface area (Å²) in [6.07, 6.45) is 0. The Bertz CT molecular complexity index is 663. The minimum Gasteiger partial charge on any atom is -0.454 e. The number of aliphatic hydroxyl groups excluding tert-OH is 1. The molecule has 0 radical (unpaired) electrons. The average molecular weight is 342 g/mol. The van der Waals surface area contributed by atoms with Crippen LogP contribution in [0.3, 0.4) is 0 Å². The molecule has 0 amide bonds. The van der Waals surface area contributed by atoms with E-state index in [1.807, 2.05) is 0 Å². The molecule has 2 rings (SSSR count). The molecule has 0 spiro atoms. The number of hydrogen-bond donors (Lipinski definition) is 1. The van der Waals surface area contributed by atoms with Crippen molar-refractivity contribution in [2.75, 3.05) is 0 Å². The van der Waals surface area contributed by atoms with Gasteiger partial charge in [-0.25, -0.2) is 4.39 Å². The summed E-state index contributed by atoms with van der Waals surface area (Å²) in [4.78, 5) is 9.83. The van der Waals surface area contributed by atoms with E-state index >= 15 is 0 Å². The molecular weight excluding hydrogens is 333 g/mol. The number of hydrogen-bond acceptors (Lipinski definition) is 4. The van der Waals surface area contributed by atoms with Gasteiger partial charge in [0.15, 0.2) is 11.6 Å². The highest BCUT2D eigenvalue weighted by Gasteiger charge is 2.12. The summed E-state index contributed by atoms with van der Waals surface area (Å²) in [6, 6.07) is 7.93. The number of nitro groups is 1. The third-order valence-electron chi connectivity index (χ3n) is 2.55. The second kappa shape index (κ2) is 5.98. The fraction of sp³-hybridized carbons (Fsp3) is 0.0769. The standard InChI is InChI=1S/C13H9BrFNO4/c14-11-6-10(3-1-8(11)7-17)20-13-4-2-9(16(18)19)5-12(13)15/h1-6,17H,7H2. The van der Waals surface area contributed by atoms with Gasteiger partial charge in [0.25, 0.3) is 5.69 Å². The largest absolute Gasteiger partial charge is 0.454 e. The lowest BCUT2D eigenvalue weighted by molar-refractivity contribution is -0.385. The molecule has 1 N–H and O–H groups in total. The van der Waals surface area contributed by atoms with Crippen molar-refractivity contribution in [1.29, 1.82) is 0 Å². The van der Waals surface area contributed by atoms with Gasteiger partial charge in [-0.1, -0.05) is 22.0 Å². The van der Waals surface area contributed by atoms with Crippen LogP contribution in [0.5, 0.6) is 11.5 Å². The van der Waals surface area contributed by atoms with Gasteiger partial charge in [0, 0.05) is 10.5 Å². The van der Waals surface area contributed by atoms with Crippen molar-refractivity contribution < 1.29 is 19.2 Å². The topological polar surface area (TPSA) is 72.6 Å². The molecule has 0 atom stereocenters. The summed E-state index contributed by atoms with van der Waals surface area (Å²) in [6.45, 7) is -0.132. The first-order chi connectivity index (χ1) is 9.51. The predicted octanol–water partition coefficient (Wildman–Crippen LogP) is 3.78. The van der Waals surface area contributed by atoms with Crippen molar-refractivity contribution in [1.82, 2.24) is 0 Å². The quantitative estimate of drug-likeness (QED) is 0.678. The number of non-ortho nitro benzene ring substituents is 1. The highest BCUT2D eigenvalue weighted by Crippen LogP contribution is 2.30. The second-order valence-electron chi connectivity index (χ2n) is 3.89. The van der Waals surface area contributed by atoms with E-state index in [1.54, 1.807) is 18.2 Å². The van der Waals surface area contributed by atoms with Gasteiger partial charge < -0.3 is 9.84 Å². The number of benzene rings is 2. The van der Waals surface area contributed by atoms with Crippen LogP contribution in [0, 0.1) is 15.9 Å². The molecule has 20 heavy (non-hydrogen) atoms. The lowest BCUT2D eigenvalue weighted by Gasteiger charge is -2.08. The van der Waals surface area contributed by atoms with Gasteiger partial charge in [0.05, 0.1) is 17.6 Å². The molecule has 0 saturated heterocycles. The normalized spacial score (nSPS) is 10.3.